The van der Waals surface area contributed by atoms with Crippen LogP contribution in [0.25, 0.3) is 0 Å². The molecule has 0 saturated carbocycles. The summed E-state index contributed by atoms with van der Waals surface area (Å²) in [4.78, 5) is 13.1. The Morgan fingerprint density at radius 3 is 2.67 bits per heavy atom. The third-order valence-electron chi connectivity index (χ3n) is 3.61. The molecule has 1 aromatic heterocycles. The molecule has 0 aromatic carbocycles. The SMILES string of the molecule is O=C(c1cccs1)C1C[C@H]2CC[C@@H](C1)N2. The molecule has 1 N–H and O–H groups in total. The Bertz CT molecular complexity index is 348. The van der Waals surface area contributed by atoms with E-state index in [9.17, 15) is 4.79 Å². The molecule has 0 spiro atoms. The van der Waals surface area contributed by atoms with Gasteiger partial charge in [0.15, 0.2) is 5.78 Å². The Labute approximate surface area is 93.7 Å². The first kappa shape index (κ1) is 9.55. The zero-order chi connectivity index (χ0) is 10.3. The molecule has 2 nitrogen and oxygen atoms in total. The van der Waals surface area contributed by atoms with Crippen LogP contribution in [0.2, 0.25) is 0 Å². The second kappa shape index (κ2) is 3.72. The van der Waals surface area contributed by atoms with Gasteiger partial charge in [0.1, 0.15) is 0 Å². The molecule has 2 aliphatic rings. The average Bonchev–Trinajstić information content (AvgIpc) is 2.87. The number of fused-ring (bicyclic) bond motifs is 2. The zero-order valence-electron chi connectivity index (χ0n) is 8.61. The van der Waals surface area contributed by atoms with Crippen LogP contribution >= 0.6 is 11.3 Å². The van der Waals surface area contributed by atoms with Crippen molar-refractivity contribution in [1.82, 2.24) is 5.32 Å². The van der Waals surface area contributed by atoms with Gasteiger partial charge in [0.05, 0.1) is 4.88 Å². The number of nitrogens with one attached hydrogen (secondary N) is 1. The van der Waals surface area contributed by atoms with Gasteiger partial charge in [0.2, 0.25) is 0 Å². The zero-order valence-corrected chi connectivity index (χ0v) is 9.43. The minimum absolute atomic E-state index is 0.280. The molecular formula is C12H15NOS. The Hall–Kier alpha value is -0.670. The summed E-state index contributed by atoms with van der Waals surface area (Å²) in [5.74, 6) is 0.658. The summed E-state index contributed by atoms with van der Waals surface area (Å²) in [6.07, 6.45) is 4.62. The molecule has 0 aliphatic carbocycles. The van der Waals surface area contributed by atoms with Crippen molar-refractivity contribution >= 4 is 17.1 Å². The van der Waals surface area contributed by atoms with E-state index in [1.807, 2.05) is 17.5 Å². The number of carbonyl (C=O) groups is 1. The van der Waals surface area contributed by atoms with Gasteiger partial charge >= 0.3 is 0 Å². The average molecular weight is 221 g/mol. The lowest BCUT2D eigenvalue weighted by atomic mass is 9.88. The third-order valence-corrected chi connectivity index (χ3v) is 4.49. The summed E-state index contributed by atoms with van der Waals surface area (Å²) >= 11 is 1.58. The highest BCUT2D eigenvalue weighted by molar-refractivity contribution is 7.12. The molecular weight excluding hydrogens is 206 g/mol. The van der Waals surface area contributed by atoms with E-state index in [1.165, 1.54) is 12.8 Å². The van der Waals surface area contributed by atoms with Gasteiger partial charge in [-0.25, -0.2) is 0 Å². The molecule has 3 heteroatoms. The molecule has 1 unspecified atom stereocenters. The third kappa shape index (κ3) is 1.74. The molecule has 2 saturated heterocycles. The van der Waals surface area contributed by atoms with Crippen molar-refractivity contribution in [3.05, 3.63) is 22.4 Å². The lowest BCUT2D eigenvalue weighted by Crippen LogP contribution is -2.40. The van der Waals surface area contributed by atoms with Crippen LogP contribution in [0.5, 0.6) is 0 Å². The summed E-state index contributed by atoms with van der Waals surface area (Å²) in [5, 5.41) is 5.56. The molecule has 2 bridgehead atoms. The van der Waals surface area contributed by atoms with E-state index in [-0.39, 0.29) is 5.92 Å². The fraction of sp³-hybridized carbons (Fsp3) is 0.583. The summed E-state index contributed by atoms with van der Waals surface area (Å²) in [6.45, 7) is 0. The minimum Gasteiger partial charge on any atom is -0.311 e. The predicted molar refractivity (Wildman–Crippen MR) is 61.3 cm³/mol. The molecule has 2 aliphatic heterocycles. The number of carbonyl (C=O) groups excluding carboxylic acids is 1. The molecule has 1 aromatic rings. The van der Waals surface area contributed by atoms with Gasteiger partial charge in [-0.05, 0) is 37.1 Å². The van der Waals surface area contributed by atoms with E-state index in [4.69, 9.17) is 0 Å². The Morgan fingerprint density at radius 2 is 2.07 bits per heavy atom. The number of hydrogen-bond acceptors (Lipinski definition) is 3. The van der Waals surface area contributed by atoms with Crippen molar-refractivity contribution in [3.63, 3.8) is 0 Å². The normalized spacial score (nSPS) is 34.3. The highest BCUT2D eigenvalue weighted by atomic mass is 32.1. The molecule has 0 amide bonds. The standard InChI is InChI=1S/C12H15NOS/c14-12(11-2-1-5-15-11)8-6-9-3-4-10(7-8)13-9/h1-2,5,8-10,13H,3-4,6-7H2/t8?,9-,10+. The molecule has 3 heterocycles. The molecule has 80 valence electrons. The number of hydrogen-bond donors (Lipinski definition) is 1. The van der Waals surface area contributed by atoms with E-state index < -0.39 is 0 Å². The van der Waals surface area contributed by atoms with Gasteiger partial charge in [-0.2, -0.15) is 0 Å². The van der Waals surface area contributed by atoms with Crippen LogP contribution < -0.4 is 5.32 Å². The van der Waals surface area contributed by atoms with E-state index in [1.54, 1.807) is 11.3 Å². The van der Waals surface area contributed by atoms with E-state index in [0.717, 1.165) is 17.7 Å². The summed E-state index contributed by atoms with van der Waals surface area (Å²) in [6, 6.07) is 5.14. The predicted octanol–water partition coefficient (Wildman–Crippen LogP) is 2.46. The van der Waals surface area contributed by atoms with Gasteiger partial charge in [0.25, 0.3) is 0 Å². The van der Waals surface area contributed by atoms with Crippen LogP contribution in [0.3, 0.4) is 0 Å². The Morgan fingerprint density at radius 1 is 1.33 bits per heavy atom. The van der Waals surface area contributed by atoms with E-state index >= 15 is 0 Å². The number of ketones is 1. The molecule has 15 heavy (non-hydrogen) atoms. The van der Waals surface area contributed by atoms with Crippen molar-refractivity contribution in [2.75, 3.05) is 0 Å². The maximum atomic E-state index is 12.2. The van der Waals surface area contributed by atoms with Gasteiger partial charge in [0, 0.05) is 18.0 Å². The highest BCUT2D eigenvalue weighted by Gasteiger charge is 2.36. The van der Waals surface area contributed by atoms with Gasteiger partial charge in [-0.1, -0.05) is 6.07 Å². The maximum absolute atomic E-state index is 12.2. The Kier molecular flexibility index (Phi) is 2.37. The smallest absolute Gasteiger partial charge is 0.175 e. The monoisotopic (exact) mass is 221 g/mol. The lowest BCUT2D eigenvalue weighted by Gasteiger charge is -2.27. The van der Waals surface area contributed by atoms with Crippen LogP contribution in [0, 0.1) is 5.92 Å². The largest absolute Gasteiger partial charge is 0.311 e. The first-order chi connectivity index (χ1) is 7.33. The van der Waals surface area contributed by atoms with Gasteiger partial charge in [-0.15, -0.1) is 11.3 Å². The van der Waals surface area contributed by atoms with E-state index in [0.29, 0.717) is 17.9 Å². The van der Waals surface area contributed by atoms with Crippen LogP contribution in [-0.4, -0.2) is 17.9 Å². The van der Waals surface area contributed by atoms with Crippen LogP contribution in [0.4, 0.5) is 0 Å². The minimum atomic E-state index is 0.280. The van der Waals surface area contributed by atoms with Crippen LogP contribution in [-0.2, 0) is 0 Å². The fourth-order valence-corrected chi connectivity index (χ4v) is 3.63. The first-order valence-electron chi connectivity index (χ1n) is 5.66. The summed E-state index contributed by atoms with van der Waals surface area (Å²) < 4.78 is 0. The summed E-state index contributed by atoms with van der Waals surface area (Å²) in [7, 11) is 0. The van der Waals surface area contributed by atoms with Crippen LogP contribution in [0.1, 0.15) is 35.4 Å². The molecule has 3 rings (SSSR count). The van der Waals surface area contributed by atoms with Crippen molar-refractivity contribution in [1.29, 1.82) is 0 Å². The number of piperidine rings is 1. The van der Waals surface area contributed by atoms with Crippen molar-refractivity contribution < 1.29 is 4.79 Å². The number of rotatable bonds is 2. The Balaban J connectivity index is 1.75. The molecule has 3 atom stereocenters. The second-order valence-electron chi connectivity index (χ2n) is 4.65. The molecule has 2 fully saturated rings. The lowest BCUT2D eigenvalue weighted by molar-refractivity contribution is 0.0880. The molecule has 0 radical (unpaired) electrons. The van der Waals surface area contributed by atoms with E-state index in [2.05, 4.69) is 5.32 Å². The fourth-order valence-electron chi connectivity index (χ4n) is 2.89. The highest BCUT2D eigenvalue weighted by Crippen LogP contribution is 2.33. The van der Waals surface area contributed by atoms with Crippen molar-refractivity contribution in [2.45, 2.75) is 37.8 Å². The quantitative estimate of drug-likeness (QED) is 0.777. The maximum Gasteiger partial charge on any atom is 0.175 e. The topological polar surface area (TPSA) is 29.1 Å². The number of Topliss-reactive ketones (excluding diaryl/α,β-unsaturated/α-hetero) is 1. The van der Waals surface area contributed by atoms with Crippen molar-refractivity contribution in [3.8, 4) is 0 Å². The van der Waals surface area contributed by atoms with Crippen LogP contribution in [0.15, 0.2) is 17.5 Å². The second-order valence-corrected chi connectivity index (χ2v) is 5.60. The number of thiophene rings is 1. The van der Waals surface area contributed by atoms with Gasteiger partial charge in [-0.3, -0.25) is 4.79 Å². The first-order valence-corrected chi connectivity index (χ1v) is 6.54. The summed E-state index contributed by atoms with van der Waals surface area (Å²) in [5.41, 5.74) is 0. The van der Waals surface area contributed by atoms with Gasteiger partial charge < -0.3 is 5.32 Å². The van der Waals surface area contributed by atoms with Crippen molar-refractivity contribution in [2.24, 2.45) is 5.92 Å².